The highest BCUT2D eigenvalue weighted by Gasteiger charge is 2.26. The van der Waals surface area contributed by atoms with Crippen LogP contribution in [0.5, 0.6) is 0 Å². The molecule has 4 nitrogen and oxygen atoms in total. The summed E-state index contributed by atoms with van der Waals surface area (Å²) in [5.41, 5.74) is 1.73. The zero-order valence-corrected chi connectivity index (χ0v) is 13.4. The van der Waals surface area contributed by atoms with Crippen LogP contribution >= 0.6 is 15.9 Å². The second-order valence-electron chi connectivity index (χ2n) is 5.04. The number of hydrogen-bond donors (Lipinski definition) is 1. The van der Waals surface area contributed by atoms with Gasteiger partial charge in [-0.2, -0.15) is 12.7 Å². The van der Waals surface area contributed by atoms with E-state index in [4.69, 9.17) is 0 Å². The van der Waals surface area contributed by atoms with Gasteiger partial charge in [0.2, 0.25) is 0 Å². The van der Waals surface area contributed by atoms with Crippen molar-refractivity contribution >= 4 is 31.8 Å². The predicted octanol–water partition coefficient (Wildman–Crippen LogP) is 2.97. The summed E-state index contributed by atoms with van der Waals surface area (Å²) in [7, 11) is -3.42. The Kier molecular flexibility index (Phi) is 4.86. The van der Waals surface area contributed by atoms with E-state index in [1.807, 2.05) is 12.1 Å². The first-order valence-corrected chi connectivity index (χ1v) is 9.00. The molecule has 0 amide bonds. The van der Waals surface area contributed by atoms with Crippen LogP contribution in [-0.4, -0.2) is 25.8 Å². The summed E-state index contributed by atoms with van der Waals surface area (Å²) in [5, 5.41) is 0.768. The van der Waals surface area contributed by atoms with Gasteiger partial charge >= 0.3 is 10.2 Å². The normalized spacial score (nSPS) is 21.3. The number of nitrogens with one attached hydrogen (secondary N) is 1. The first-order chi connectivity index (χ1) is 9.01. The molecule has 19 heavy (non-hydrogen) atoms. The van der Waals surface area contributed by atoms with Crippen LogP contribution in [0.4, 0.5) is 5.69 Å². The van der Waals surface area contributed by atoms with E-state index in [-0.39, 0.29) is 0 Å². The van der Waals surface area contributed by atoms with Crippen LogP contribution in [0.2, 0.25) is 0 Å². The SMILES string of the molecule is CC1CCCN(S(=O)(=O)Nc2ccc(CBr)cc2)C1. The van der Waals surface area contributed by atoms with Gasteiger partial charge in [0.25, 0.3) is 0 Å². The van der Waals surface area contributed by atoms with Crippen molar-refractivity contribution in [3.8, 4) is 0 Å². The van der Waals surface area contributed by atoms with Crippen molar-refractivity contribution in [3.63, 3.8) is 0 Å². The summed E-state index contributed by atoms with van der Waals surface area (Å²) in [5.74, 6) is 0.432. The van der Waals surface area contributed by atoms with Gasteiger partial charge in [-0.3, -0.25) is 4.72 Å². The number of anilines is 1. The van der Waals surface area contributed by atoms with Crippen molar-refractivity contribution in [2.75, 3.05) is 17.8 Å². The molecule has 0 aliphatic carbocycles. The first kappa shape index (κ1) is 14.8. The molecule has 0 spiro atoms. The van der Waals surface area contributed by atoms with Gasteiger partial charge in [0.1, 0.15) is 0 Å². The van der Waals surface area contributed by atoms with E-state index < -0.39 is 10.2 Å². The van der Waals surface area contributed by atoms with E-state index in [0.717, 1.165) is 23.7 Å². The number of benzene rings is 1. The van der Waals surface area contributed by atoms with Crippen LogP contribution < -0.4 is 4.72 Å². The molecule has 1 unspecified atom stereocenters. The molecule has 0 radical (unpaired) electrons. The largest absolute Gasteiger partial charge is 0.301 e. The smallest absolute Gasteiger partial charge is 0.271 e. The Morgan fingerprint density at radius 1 is 1.37 bits per heavy atom. The zero-order valence-electron chi connectivity index (χ0n) is 11.0. The maximum absolute atomic E-state index is 12.3. The lowest BCUT2D eigenvalue weighted by molar-refractivity contribution is 0.282. The summed E-state index contributed by atoms with van der Waals surface area (Å²) in [6, 6.07) is 7.40. The Balaban J connectivity index is 2.07. The lowest BCUT2D eigenvalue weighted by Crippen LogP contribution is -2.42. The molecule has 1 N–H and O–H groups in total. The Hall–Kier alpha value is -0.590. The average molecular weight is 347 g/mol. The van der Waals surface area contributed by atoms with Gasteiger partial charge in [-0.1, -0.05) is 35.0 Å². The van der Waals surface area contributed by atoms with Gasteiger partial charge in [-0.05, 0) is 36.5 Å². The lowest BCUT2D eigenvalue weighted by atomic mass is 10.0. The zero-order chi connectivity index (χ0) is 13.9. The maximum atomic E-state index is 12.3. The topological polar surface area (TPSA) is 49.4 Å². The minimum atomic E-state index is -3.42. The molecule has 1 heterocycles. The van der Waals surface area contributed by atoms with Crippen LogP contribution in [0.1, 0.15) is 25.3 Å². The van der Waals surface area contributed by atoms with Crippen LogP contribution in [0.25, 0.3) is 0 Å². The molecule has 1 fully saturated rings. The third-order valence-electron chi connectivity index (χ3n) is 3.31. The van der Waals surface area contributed by atoms with Gasteiger partial charge in [0.15, 0.2) is 0 Å². The molecular formula is C13H19BrN2O2S. The van der Waals surface area contributed by atoms with Crippen molar-refractivity contribution in [1.82, 2.24) is 4.31 Å². The van der Waals surface area contributed by atoms with E-state index in [9.17, 15) is 8.42 Å². The molecule has 1 saturated heterocycles. The first-order valence-electron chi connectivity index (χ1n) is 6.44. The summed E-state index contributed by atoms with van der Waals surface area (Å²) in [4.78, 5) is 0. The Bertz CT molecular complexity index is 516. The van der Waals surface area contributed by atoms with E-state index in [1.54, 1.807) is 16.4 Å². The molecule has 1 atom stereocenters. The fraction of sp³-hybridized carbons (Fsp3) is 0.538. The minimum Gasteiger partial charge on any atom is -0.271 e. The fourth-order valence-electron chi connectivity index (χ4n) is 2.24. The molecule has 1 aliphatic rings. The van der Waals surface area contributed by atoms with Crippen LogP contribution in [0.15, 0.2) is 24.3 Å². The standard InChI is InChI=1S/C13H19BrN2O2S/c1-11-3-2-8-16(10-11)19(17,18)15-13-6-4-12(9-14)5-7-13/h4-7,11,15H,2-3,8-10H2,1H3. The monoisotopic (exact) mass is 346 g/mol. The Morgan fingerprint density at radius 2 is 2.05 bits per heavy atom. The van der Waals surface area contributed by atoms with Gasteiger partial charge in [0, 0.05) is 24.1 Å². The Morgan fingerprint density at radius 3 is 2.63 bits per heavy atom. The molecule has 0 saturated carbocycles. The summed E-state index contributed by atoms with van der Waals surface area (Å²) >= 11 is 3.37. The molecule has 1 aromatic carbocycles. The third kappa shape index (κ3) is 3.94. The van der Waals surface area contributed by atoms with E-state index in [1.165, 1.54) is 0 Å². The molecule has 2 rings (SSSR count). The predicted molar refractivity (Wildman–Crippen MR) is 81.6 cm³/mol. The highest BCUT2D eigenvalue weighted by molar-refractivity contribution is 9.08. The Labute approximate surface area is 123 Å². The highest BCUT2D eigenvalue weighted by atomic mass is 79.9. The second-order valence-corrected chi connectivity index (χ2v) is 7.27. The van der Waals surface area contributed by atoms with Crippen LogP contribution in [0.3, 0.4) is 0 Å². The average Bonchev–Trinajstić information content (AvgIpc) is 2.39. The van der Waals surface area contributed by atoms with Crippen LogP contribution in [0, 0.1) is 5.92 Å². The number of piperidine rings is 1. The van der Waals surface area contributed by atoms with Crippen molar-refractivity contribution in [3.05, 3.63) is 29.8 Å². The maximum Gasteiger partial charge on any atom is 0.301 e. The van der Waals surface area contributed by atoms with Crippen LogP contribution in [-0.2, 0) is 15.5 Å². The molecule has 6 heteroatoms. The molecule has 0 bridgehead atoms. The fourth-order valence-corrected chi connectivity index (χ4v) is 4.00. The van der Waals surface area contributed by atoms with Gasteiger partial charge in [-0.15, -0.1) is 0 Å². The van der Waals surface area contributed by atoms with E-state index >= 15 is 0 Å². The number of alkyl halides is 1. The third-order valence-corrected chi connectivity index (χ3v) is 5.47. The van der Waals surface area contributed by atoms with E-state index in [2.05, 4.69) is 27.6 Å². The van der Waals surface area contributed by atoms with Gasteiger partial charge < -0.3 is 0 Å². The second kappa shape index (κ2) is 6.24. The molecule has 106 valence electrons. The van der Waals surface area contributed by atoms with Gasteiger partial charge in [-0.25, -0.2) is 0 Å². The molecule has 1 aliphatic heterocycles. The number of rotatable bonds is 4. The van der Waals surface area contributed by atoms with Crippen molar-refractivity contribution in [2.45, 2.75) is 25.1 Å². The quantitative estimate of drug-likeness (QED) is 0.852. The number of nitrogens with zero attached hydrogens (tertiary/aromatic N) is 1. The summed E-state index contributed by atoms with van der Waals surface area (Å²) in [6.45, 7) is 3.31. The lowest BCUT2D eigenvalue weighted by Gasteiger charge is -2.30. The molecular weight excluding hydrogens is 328 g/mol. The van der Waals surface area contributed by atoms with Gasteiger partial charge in [0.05, 0.1) is 0 Å². The van der Waals surface area contributed by atoms with E-state index in [0.29, 0.717) is 24.7 Å². The molecule has 1 aromatic rings. The summed E-state index contributed by atoms with van der Waals surface area (Å²) in [6.07, 6.45) is 2.04. The molecule has 0 aromatic heterocycles. The van der Waals surface area contributed by atoms with Crippen molar-refractivity contribution in [1.29, 1.82) is 0 Å². The number of halogens is 1. The van der Waals surface area contributed by atoms with Crippen molar-refractivity contribution in [2.24, 2.45) is 5.92 Å². The number of hydrogen-bond acceptors (Lipinski definition) is 2. The minimum absolute atomic E-state index is 0.432. The summed E-state index contributed by atoms with van der Waals surface area (Å²) < 4.78 is 28.7. The highest BCUT2D eigenvalue weighted by Crippen LogP contribution is 2.20. The van der Waals surface area contributed by atoms with Crippen molar-refractivity contribution < 1.29 is 8.42 Å².